The van der Waals surface area contributed by atoms with Crippen LogP contribution < -0.4 is 10.1 Å². The van der Waals surface area contributed by atoms with E-state index in [0.29, 0.717) is 34.3 Å². The van der Waals surface area contributed by atoms with E-state index < -0.39 is 0 Å². The first-order valence-corrected chi connectivity index (χ1v) is 9.52. The Bertz CT molecular complexity index is 910. The zero-order valence-electron chi connectivity index (χ0n) is 14.0. The summed E-state index contributed by atoms with van der Waals surface area (Å²) in [6.45, 7) is 0.471. The van der Waals surface area contributed by atoms with E-state index >= 15 is 0 Å². The van der Waals surface area contributed by atoms with Crippen molar-refractivity contribution in [1.29, 1.82) is 0 Å². The first kappa shape index (κ1) is 18.7. The molecule has 0 spiro atoms. The van der Waals surface area contributed by atoms with Crippen molar-refractivity contribution < 1.29 is 9.53 Å². The van der Waals surface area contributed by atoms with E-state index in [9.17, 15) is 4.79 Å². The van der Waals surface area contributed by atoms with Crippen LogP contribution >= 0.6 is 34.5 Å². The summed E-state index contributed by atoms with van der Waals surface area (Å²) in [6, 6.07) is 12.5. The maximum atomic E-state index is 12.3. The van der Waals surface area contributed by atoms with Gasteiger partial charge in [-0.3, -0.25) is 4.79 Å². The number of nitrogens with zero attached hydrogens (tertiary/aromatic N) is 1. The minimum absolute atomic E-state index is 0.225. The Balaban J connectivity index is 1.59. The largest absolute Gasteiger partial charge is 0.496 e. The lowest BCUT2D eigenvalue weighted by Gasteiger charge is -2.09. The van der Waals surface area contributed by atoms with Gasteiger partial charge in [-0.15, -0.1) is 11.3 Å². The van der Waals surface area contributed by atoms with Gasteiger partial charge in [0.1, 0.15) is 10.8 Å². The third-order valence-corrected chi connectivity index (χ3v) is 5.14. The number of amides is 1. The summed E-state index contributed by atoms with van der Waals surface area (Å²) in [5, 5.41) is 6.99. The minimum Gasteiger partial charge on any atom is -0.496 e. The quantitative estimate of drug-likeness (QED) is 0.619. The molecule has 2 aromatic carbocycles. The van der Waals surface area contributed by atoms with Gasteiger partial charge in [0, 0.05) is 34.0 Å². The van der Waals surface area contributed by atoms with Crippen molar-refractivity contribution >= 4 is 40.4 Å². The Kier molecular flexibility index (Phi) is 6.14. The maximum absolute atomic E-state index is 12.3. The lowest BCUT2D eigenvalue weighted by Crippen LogP contribution is -2.26. The fourth-order valence-electron chi connectivity index (χ4n) is 2.40. The summed E-state index contributed by atoms with van der Waals surface area (Å²) >= 11 is 13.4. The van der Waals surface area contributed by atoms with E-state index in [4.69, 9.17) is 27.9 Å². The number of aromatic nitrogens is 1. The first-order chi connectivity index (χ1) is 12.6. The molecule has 1 aromatic heterocycles. The molecule has 0 bridgehead atoms. The van der Waals surface area contributed by atoms with Crippen molar-refractivity contribution in [3.63, 3.8) is 0 Å². The van der Waals surface area contributed by atoms with Crippen LogP contribution in [0, 0.1) is 0 Å². The fourth-order valence-corrected chi connectivity index (χ4v) is 3.56. The summed E-state index contributed by atoms with van der Waals surface area (Å²) in [7, 11) is 1.52. The van der Waals surface area contributed by atoms with Crippen LogP contribution in [0.25, 0.3) is 10.6 Å². The van der Waals surface area contributed by atoms with Crippen LogP contribution in [-0.4, -0.2) is 24.5 Å². The lowest BCUT2D eigenvalue weighted by atomic mass is 10.2. The van der Waals surface area contributed by atoms with Crippen LogP contribution in [0.3, 0.4) is 0 Å². The highest BCUT2D eigenvalue weighted by Gasteiger charge is 2.13. The number of ether oxygens (including phenoxy) is 1. The maximum Gasteiger partial charge on any atom is 0.255 e. The number of thiazole rings is 1. The van der Waals surface area contributed by atoms with Crippen molar-refractivity contribution in [3.05, 3.63) is 69.1 Å². The van der Waals surface area contributed by atoms with Crippen LogP contribution in [0.1, 0.15) is 16.1 Å². The molecule has 3 aromatic rings. The Hall–Kier alpha value is -2.08. The molecule has 3 rings (SSSR count). The Morgan fingerprint density at radius 3 is 2.62 bits per heavy atom. The molecule has 0 atom stereocenters. The normalized spacial score (nSPS) is 10.6. The summed E-state index contributed by atoms with van der Waals surface area (Å²) in [6.07, 6.45) is 0.638. The van der Waals surface area contributed by atoms with Gasteiger partial charge in [-0.2, -0.15) is 0 Å². The second kappa shape index (κ2) is 8.54. The third-order valence-electron chi connectivity index (χ3n) is 3.72. The number of rotatable bonds is 6. The average Bonchev–Trinajstić information content (AvgIpc) is 3.11. The number of methoxy groups -OCH3 is 1. The molecule has 1 amide bonds. The minimum atomic E-state index is -0.225. The molecule has 1 heterocycles. The van der Waals surface area contributed by atoms with E-state index in [1.165, 1.54) is 7.11 Å². The van der Waals surface area contributed by atoms with Gasteiger partial charge in [0.2, 0.25) is 0 Å². The van der Waals surface area contributed by atoms with Gasteiger partial charge >= 0.3 is 0 Å². The molecule has 1 N–H and O–H groups in total. The molecular weight excluding hydrogens is 391 g/mol. The highest BCUT2D eigenvalue weighted by Crippen LogP contribution is 2.25. The molecule has 4 nitrogen and oxygen atoms in total. The van der Waals surface area contributed by atoms with Gasteiger partial charge in [-0.25, -0.2) is 4.98 Å². The summed E-state index contributed by atoms with van der Waals surface area (Å²) < 4.78 is 5.21. The second-order valence-electron chi connectivity index (χ2n) is 5.50. The molecule has 26 heavy (non-hydrogen) atoms. The number of hydrogen-bond acceptors (Lipinski definition) is 4. The molecule has 0 aliphatic rings. The number of nitrogens with one attached hydrogen (secondary N) is 1. The molecule has 0 aliphatic carbocycles. The van der Waals surface area contributed by atoms with Gasteiger partial charge in [0.15, 0.2) is 0 Å². The Labute approximate surface area is 165 Å². The fraction of sp³-hybridized carbons (Fsp3) is 0.158. The lowest BCUT2D eigenvalue weighted by molar-refractivity contribution is 0.0951. The summed E-state index contributed by atoms with van der Waals surface area (Å²) in [5.41, 5.74) is 2.37. The van der Waals surface area contributed by atoms with Crippen LogP contribution in [0.5, 0.6) is 5.75 Å². The highest BCUT2D eigenvalue weighted by molar-refractivity contribution is 7.13. The standard InChI is InChI=1S/C19H16Cl2N2O2S/c1-25-17-7-6-14(21)10-16(17)18(24)22-9-8-15-11-26-19(23-15)12-2-4-13(20)5-3-12/h2-7,10-11H,8-9H2,1H3,(H,22,24). The molecule has 0 unspecified atom stereocenters. The summed E-state index contributed by atoms with van der Waals surface area (Å²) in [4.78, 5) is 17.0. The monoisotopic (exact) mass is 406 g/mol. The van der Waals surface area contributed by atoms with Crippen LogP contribution in [0.4, 0.5) is 0 Å². The molecule has 0 saturated carbocycles. The number of carbonyl (C=O) groups excluding carboxylic acids is 1. The third kappa shape index (κ3) is 4.55. The molecular formula is C19H16Cl2N2O2S. The first-order valence-electron chi connectivity index (χ1n) is 7.89. The van der Waals surface area contributed by atoms with Crippen LogP contribution in [0.15, 0.2) is 47.8 Å². The van der Waals surface area contributed by atoms with Crippen molar-refractivity contribution in [3.8, 4) is 16.3 Å². The van der Waals surface area contributed by atoms with Crippen molar-refractivity contribution in [2.45, 2.75) is 6.42 Å². The van der Waals surface area contributed by atoms with E-state index in [-0.39, 0.29) is 5.91 Å². The number of benzene rings is 2. The predicted molar refractivity (Wildman–Crippen MR) is 107 cm³/mol. The number of carbonyl (C=O) groups is 1. The SMILES string of the molecule is COc1ccc(Cl)cc1C(=O)NCCc1csc(-c2ccc(Cl)cc2)n1. The topological polar surface area (TPSA) is 51.2 Å². The molecule has 0 saturated heterocycles. The smallest absolute Gasteiger partial charge is 0.255 e. The number of hydrogen-bond donors (Lipinski definition) is 1. The van der Waals surface area contributed by atoms with Crippen molar-refractivity contribution in [2.75, 3.05) is 13.7 Å². The molecule has 0 radical (unpaired) electrons. The zero-order chi connectivity index (χ0) is 18.5. The van der Waals surface area contributed by atoms with Crippen LogP contribution in [0.2, 0.25) is 10.0 Å². The van der Waals surface area contributed by atoms with Gasteiger partial charge in [-0.1, -0.05) is 35.3 Å². The van der Waals surface area contributed by atoms with Gasteiger partial charge in [-0.05, 0) is 30.3 Å². The van der Waals surface area contributed by atoms with Gasteiger partial charge in [0.05, 0.1) is 18.4 Å². The van der Waals surface area contributed by atoms with Crippen molar-refractivity contribution in [2.24, 2.45) is 0 Å². The Morgan fingerprint density at radius 1 is 1.15 bits per heavy atom. The zero-order valence-corrected chi connectivity index (χ0v) is 16.3. The highest BCUT2D eigenvalue weighted by atomic mass is 35.5. The van der Waals surface area contributed by atoms with Crippen molar-refractivity contribution in [1.82, 2.24) is 10.3 Å². The molecule has 0 fully saturated rings. The molecule has 0 aliphatic heterocycles. The van der Waals surface area contributed by atoms with E-state index in [1.807, 2.05) is 29.6 Å². The average molecular weight is 407 g/mol. The second-order valence-corrected chi connectivity index (χ2v) is 7.23. The van der Waals surface area contributed by atoms with Gasteiger partial charge in [0.25, 0.3) is 5.91 Å². The Morgan fingerprint density at radius 2 is 1.88 bits per heavy atom. The van der Waals surface area contributed by atoms with Crippen LogP contribution in [-0.2, 0) is 6.42 Å². The molecule has 134 valence electrons. The number of halogens is 2. The molecule has 7 heteroatoms. The van der Waals surface area contributed by atoms with Gasteiger partial charge < -0.3 is 10.1 Å². The van der Waals surface area contributed by atoms with E-state index in [2.05, 4.69) is 10.3 Å². The van der Waals surface area contributed by atoms with E-state index in [1.54, 1.807) is 29.5 Å². The predicted octanol–water partition coefficient (Wildman–Crippen LogP) is 5.10. The summed E-state index contributed by atoms with van der Waals surface area (Å²) in [5.74, 6) is 0.267. The van der Waals surface area contributed by atoms with E-state index in [0.717, 1.165) is 16.3 Å².